The minimum atomic E-state index is -0.552. The second kappa shape index (κ2) is 9.96. The van der Waals surface area contributed by atoms with Crippen LogP contribution in [0.3, 0.4) is 0 Å². The third-order valence-corrected chi connectivity index (χ3v) is 7.25. The van der Waals surface area contributed by atoms with Gasteiger partial charge in [-0.1, -0.05) is 48.5 Å². The molecule has 6 heteroatoms. The summed E-state index contributed by atoms with van der Waals surface area (Å²) in [6.07, 6.45) is 0. The molecule has 2 aromatic rings. The van der Waals surface area contributed by atoms with Crippen LogP contribution in [0, 0.1) is 0 Å². The van der Waals surface area contributed by atoms with Crippen molar-refractivity contribution in [3.05, 3.63) is 66.2 Å². The molecule has 1 atom stereocenters. The first-order valence-corrected chi connectivity index (χ1v) is 12.1. The van der Waals surface area contributed by atoms with Gasteiger partial charge in [0.2, 0.25) is 11.8 Å². The van der Waals surface area contributed by atoms with E-state index < -0.39 is 5.41 Å². The van der Waals surface area contributed by atoms with Crippen molar-refractivity contribution in [3.8, 4) is 0 Å². The van der Waals surface area contributed by atoms with Gasteiger partial charge in [0, 0.05) is 58.0 Å². The highest BCUT2D eigenvalue weighted by molar-refractivity contribution is 5.87. The van der Waals surface area contributed by atoms with Gasteiger partial charge in [-0.2, -0.15) is 0 Å². The molecule has 0 aliphatic carbocycles. The van der Waals surface area contributed by atoms with Crippen LogP contribution in [-0.4, -0.2) is 84.9 Å². The molecule has 6 nitrogen and oxygen atoms in total. The predicted molar refractivity (Wildman–Crippen MR) is 132 cm³/mol. The first kappa shape index (κ1) is 23.3. The van der Waals surface area contributed by atoms with Gasteiger partial charge in [-0.15, -0.1) is 0 Å². The number of hydrogen-bond donors (Lipinski definition) is 0. The average molecular weight is 449 g/mol. The monoisotopic (exact) mass is 448 g/mol. The minimum absolute atomic E-state index is 0.157. The van der Waals surface area contributed by atoms with E-state index in [9.17, 15) is 9.59 Å². The third-order valence-electron chi connectivity index (χ3n) is 7.25. The molecule has 33 heavy (non-hydrogen) atoms. The Morgan fingerprint density at radius 3 is 1.82 bits per heavy atom. The van der Waals surface area contributed by atoms with Crippen LogP contribution in [0.15, 0.2) is 60.7 Å². The van der Waals surface area contributed by atoms with E-state index in [0.717, 1.165) is 44.8 Å². The molecule has 1 unspecified atom stereocenters. The summed E-state index contributed by atoms with van der Waals surface area (Å²) < 4.78 is 0. The van der Waals surface area contributed by atoms with Crippen molar-refractivity contribution in [1.29, 1.82) is 0 Å². The molecule has 2 fully saturated rings. The van der Waals surface area contributed by atoms with Crippen LogP contribution in [0.5, 0.6) is 0 Å². The van der Waals surface area contributed by atoms with Crippen molar-refractivity contribution in [1.82, 2.24) is 14.7 Å². The van der Waals surface area contributed by atoms with Crippen LogP contribution in [0.2, 0.25) is 0 Å². The number of piperazine rings is 2. The summed E-state index contributed by atoms with van der Waals surface area (Å²) in [5.41, 5.74) is 1.70. The summed E-state index contributed by atoms with van der Waals surface area (Å²) in [6, 6.07) is 20.2. The second-order valence-corrected chi connectivity index (χ2v) is 9.64. The van der Waals surface area contributed by atoms with Crippen LogP contribution in [0.4, 0.5) is 5.69 Å². The molecule has 2 aromatic carbocycles. The number of anilines is 1. The lowest BCUT2D eigenvalue weighted by Gasteiger charge is -2.42. The van der Waals surface area contributed by atoms with E-state index in [-0.39, 0.29) is 17.9 Å². The largest absolute Gasteiger partial charge is 0.368 e. The number of carbonyl (C=O) groups excluding carboxylic acids is 2. The van der Waals surface area contributed by atoms with E-state index >= 15 is 0 Å². The van der Waals surface area contributed by atoms with Gasteiger partial charge in [0.1, 0.15) is 0 Å². The van der Waals surface area contributed by atoms with E-state index in [0.29, 0.717) is 13.1 Å². The Morgan fingerprint density at radius 1 is 0.727 bits per heavy atom. The number of para-hydroxylation sites is 1. The number of carbonyl (C=O) groups is 2. The van der Waals surface area contributed by atoms with Crippen LogP contribution < -0.4 is 4.90 Å². The molecular weight excluding hydrogens is 412 g/mol. The Bertz CT molecular complexity index is 931. The van der Waals surface area contributed by atoms with E-state index in [1.54, 1.807) is 0 Å². The van der Waals surface area contributed by atoms with Gasteiger partial charge in [0.05, 0.1) is 11.5 Å². The summed E-state index contributed by atoms with van der Waals surface area (Å²) in [5.74, 6) is 0.358. The molecule has 0 N–H and O–H groups in total. The van der Waals surface area contributed by atoms with Crippen molar-refractivity contribution in [3.63, 3.8) is 0 Å². The molecule has 0 spiro atoms. The molecule has 176 valence electrons. The predicted octanol–water partition coefficient (Wildman–Crippen LogP) is 2.85. The molecule has 2 amide bonds. The number of benzene rings is 2. The molecule has 2 heterocycles. The molecule has 2 saturated heterocycles. The highest BCUT2D eigenvalue weighted by atomic mass is 16.2. The van der Waals surface area contributed by atoms with Gasteiger partial charge in [0.15, 0.2) is 0 Å². The summed E-state index contributed by atoms with van der Waals surface area (Å²) >= 11 is 0. The first-order chi connectivity index (χ1) is 15.9. The van der Waals surface area contributed by atoms with Crippen molar-refractivity contribution >= 4 is 17.5 Å². The molecule has 0 aromatic heterocycles. The zero-order valence-electron chi connectivity index (χ0n) is 20.1. The maximum absolute atomic E-state index is 13.3. The topological polar surface area (TPSA) is 47.1 Å². The van der Waals surface area contributed by atoms with Gasteiger partial charge in [-0.25, -0.2) is 0 Å². The Labute approximate surface area is 197 Å². The number of rotatable bonds is 5. The first-order valence-electron chi connectivity index (χ1n) is 12.1. The van der Waals surface area contributed by atoms with Crippen molar-refractivity contribution in [2.24, 2.45) is 0 Å². The maximum Gasteiger partial charge on any atom is 0.239 e. The van der Waals surface area contributed by atoms with Crippen molar-refractivity contribution in [2.75, 3.05) is 57.3 Å². The van der Waals surface area contributed by atoms with E-state index in [1.165, 1.54) is 5.69 Å². The highest BCUT2D eigenvalue weighted by Gasteiger charge is 2.37. The van der Waals surface area contributed by atoms with Crippen LogP contribution in [0.1, 0.15) is 26.3 Å². The second-order valence-electron chi connectivity index (χ2n) is 9.64. The lowest BCUT2D eigenvalue weighted by Crippen LogP contribution is -2.59. The summed E-state index contributed by atoms with van der Waals surface area (Å²) in [6.45, 7) is 12.0. The van der Waals surface area contributed by atoms with E-state index in [1.807, 2.05) is 67.0 Å². The lowest BCUT2D eigenvalue weighted by molar-refractivity contribution is -0.141. The fourth-order valence-corrected chi connectivity index (χ4v) is 4.93. The zero-order chi connectivity index (χ0) is 23.4. The van der Waals surface area contributed by atoms with Crippen molar-refractivity contribution in [2.45, 2.75) is 32.2 Å². The standard InChI is InChI=1S/C27H36N4O2/c1-22(25(32)30-18-16-29(17-19-30)24-12-8-5-9-13-24)28-14-20-31(21-15-28)26(33)27(2,3)23-10-6-4-7-11-23/h4-13,22H,14-21H2,1-3H3. The fourth-order valence-electron chi connectivity index (χ4n) is 4.93. The summed E-state index contributed by atoms with van der Waals surface area (Å²) in [4.78, 5) is 35.0. The van der Waals surface area contributed by atoms with Gasteiger partial charge < -0.3 is 14.7 Å². The number of hydrogen-bond acceptors (Lipinski definition) is 4. The van der Waals surface area contributed by atoms with Crippen molar-refractivity contribution < 1.29 is 9.59 Å². The average Bonchev–Trinajstić information content (AvgIpc) is 2.88. The Balaban J connectivity index is 1.28. The lowest BCUT2D eigenvalue weighted by atomic mass is 9.83. The molecule has 2 aliphatic rings. The number of amides is 2. The fraction of sp³-hybridized carbons (Fsp3) is 0.481. The quantitative estimate of drug-likeness (QED) is 0.706. The molecule has 0 bridgehead atoms. The van der Waals surface area contributed by atoms with Gasteiger partial charge in [-0.3, -0.25) is 14.5 Å². The number of nitrogens with zero attached hydrogens (tertiary/aromatic N) is 4. The van der Waals surface area contributed by atoms with E-state index in [2.05, 4.69) is 34.1 Å². The smallest absolute Gasteiger partial charge is 0.239 e. The van der Waals surface area contributed by atoms with Gasteiger partial charge in [-0.05, 0) is 38.5 Å². The molecule has 4 rings (SSSR count). The summed E-state index contributed by atoms with van der Waals surface area (Å²) in [5, 5.41) is 0. The van der Waals surface area contributed by atoms with Gasteiger partial charge in [0.25, 0.3) is 0 Å². The van der Waals surface area contributed by atoms with Crippen LogP contribution >= 0.6 is 0 Å². The Kier molecular flexibility index (Phi) is 7.03. The Hall–Kier alpha value is -2.86. The van der Waals surface area contributed by atoms with Gasteiger partial charge >= 0.3 is 0 Å². The molecule has 0 saturated carbocycles. The molecule has 2 aliphatic heterocycles. The minimum Gasteiger partial charge on any atom is -0.368 e. The SMILES string of the molecule is CC(C(=O)N1CCN(c2ccccc2)CC1)N1CCN(C(=O)C(C)(C)c2ccccc2)CC1. The normalized spacial score (nSPS) is 18.8. The third kappa shape index (κ3) is 5.06. The maximum atomic E-state index is 13.3. The highest BCUT2D eigenvalue weighted by Crippen LogP contribution is 2.26. The van der Waals surface area contributed by atoms with Crippen LogP contribution in [0.25, 0.3) is 0 Å². The Morgan fingerprint density at radius 2 is 1.24 bits per heavy atom. The molecule has 0 radical (unpaired) electrons. The molecular formula is C27H36N4O2. The zero-order valence-corrected chi connectivity index (χ0v) is 20.1. The van der Waals surface area contributed by atoms with E-state index in [4.69, 9.17) is 0 Å². The van der Waals surface area contributed by atoms with Crippen LogP contribution in [-0.2, 0) is 15.0 Å². The summed E-state index contributed by atoms with van der Waals surface area (Å²) in [7, 11) is 0.